The Morgan fingerprint density at radius 1 is 0.318 bits per heavy atom. The second kappa shape index (κ2) is 30.0. The van der Waals surface area contributed by atoms with E-state index in [9.17, 15) is 39.6 Å². The molecule has 4 N–H and O–H groups in total. The number of benzene rings is 4. The molecule has 0 saturated heterocycles. The van der Waals surface area contributed by atoms with Crippen molar-refractivity contribution in [3.05, 3.63) is 115 Å². The fourth-order valence-electron chi connectivity index (χ4n) is 9.59. The first-order valence-electron chi connectivity index (χ1n) is 30.0. The predicted octanol–water partition coefficient (Wildman–Crippen LogP) is 16.6. The van der Waals surface area contributed by atoms with Gasteiger partial charge in [-0.3, -0.25) is 19.2 Å². The summed E-state index contributed by atoms with van der Waals surface area (Å²) < 4.78 is 18.9. The Balaban J connectivity index is 0.000000567. The molecule has 0 aliphatic heterocycles. The molecule has 12 nitrogen and oxygen atoms in total. The number of esters is 4. The van der Waals surface area contributed by atoms with E-state index in [0.29, 0.717) is 67.9 Å². The third kappa shape index (κ3) is 24.0. The molecule has 0 aliphatic carbocycles. The quantitative estimate of drug-likeness (QED) is 0.0778. The average Bonchev–Trinajstić information content (AvgIpc) is 2.30. The third-order valence-corrected chi connectivity index (χ3v) is 14.8. The number of carbonyl (C=O) groups is 4. The summed E-state index contributed by atoms with van der Waals surface area (Å²) in [5, 5.41) is 42.5. The second-order valence-electron chi connectivity index (χ2n) is 31.0. The van der Waals surface area contributed by atoms with Crippen molar-refractivity contribution in [1.82, 2.24) is 0 Å². The van der Waals surface area contributed by atoms with Crippen molar-refractivity contribution in [1.29, 1.82) is 0 Å². The number of carbonyl (C=O) groups excluding carboxylic acids is 4. The van der Waals surface area contributed by atoms with Crippen LogP contribution in [-0.2, 0) is 107 Å². The van der Waals surface area contributed by atoms with Crippen LogP contribution < -0.4 is 0 Å². The molecule has 4 aromatic rings. The van der Waals surface area contributed by atoms with E-state index in [1.807, 2.05) is 55.5 Å². The van der Waals surface area contributed by atoms with E-state index in [4.69, 9.17) is 18.9 Å². The van der Waals surface area contributed by atoms with Crippen molar-refractivity contribution in [2.24, 2.45) is 5.92 Å². The number of ether oxygens (including phenoxy) is 4. The predicted molar refractivity (Wildman–Crippen MR) is 348 cm³/mol. The van der Waals surface area contributed by atoms with E-state index in [1.54, 1.807) is 0 Å². The molecular formula is C73H114O12. The fraction of sp³-hybridized carbons (Fsp3) is 0.616. The van der Waals surface area contributed by atoms with Crippen LogP contribution in [0.1, 0.15) is 259 Å². The van der Waals surface area contributed by atoms with Crippen LogP contribution in [0.3, 0.4) is 0 Å². The van der Waals surface area contributed by atoms with Crippen LogP contribution in [0.15, 0.2) is 48.5 Å². The number of hydrogen-bond donors (Lipinski definition) is 4. The van der Waals surface area contributed by atoms with Gasteiger partial charge in [0.25, 0.3) is 0 Å². The fourth-order valence-corrected chi connectivity index (χ4v) is 9.59. The van der Waals surface area contributed by atoms with Crippen LogP contribution in [0.5, 0.6) is 23.0 Å². The summed E-state index contributed by atoms with van der Waals surface area (Å²) in [5.41, 5.74) is 10.4. The summed E-state index contributed by atoms with van der Waals surface area (Å²) in [5.74, 6) is 0.450. The lowest BCUT2D eigenvalue weighted by Gasteiger charge is -2.28. The van der Waals surface area contributed by atoms with Crippen LogP contribution in [0.2, 0.25) is 0 Å². The van der Waals surface area contributed by atoms with Crippen molar-refractivity contribution >= 4 is 23.9 Å². The van der Waals surface area contributed by atoms with Gasteiger partial charge < -0.3 is 39.4 Å². The molecule has 0 spiro atoms. The Morgan fingerprint density at radius 3 is 0.624 bits per heavy atom. The molecule has 0 radical (unpaired) electrons. The maximum atomic E-state index is 11.7. The molecule has 0 heterocycles. The molecule has 1 unspecified atom stereocenters. The van der Waals surface area contributed by atoms with Crippen molar-refractivity contribution in [2.45, 2.75) is 261 Å². The smallest absolute Gasteiger partial charge is 0.308 e. The van der Waals surface area contributed by atoms with Gasteiger partial charge in [0.2, 0.25) is 0 Å². The summed E-state index contributed by atoms with van der Waals surface area (Å²) in [4.78, 5) is 45.7. The summed E-state index contributed by atoms with van der Waals surface area (Å²) in [7, 11) is 5.62. The zero-order chi connectivity index (χ0) is 66.6. The van der Waals surface area contributed by atoms with E-state index in [-0.39, 0.29) is 73.1 Å². The third-order valence-electron chi connectivity index (χ3n) is 14.8. The summed E-state index contributed by atoms with van der Waals surface area (Å²) in [6.07, 6.45) is 3.55. The number of hydrogen-bond acceptors (Lipinski definition) is 12. The standard InChI is InChI=1S/C19H30O3.3C18H28O3/c1-12(17(21)22-8)9-13-10-14(18(2,3)4)16(20)15(11-13)19(5,6)7;3*1-17(2,3)13-10-12(8-9-15(19)21-7)11-14(16(13)20)18(4,5)6/h10-12,20H,9H2,1-8H3;3*10-11,20H,8-9H2,1-7H3. The van der Waals surface area contributed by atoms with Crippen molar-refractivity contribution in [3.8, 4) is 23.0 Å². The topological polar surface area (TPSA) is 186 Å². The summed E-state index contributed by atoms with van der Waals surface area (Å²) in [6.45, 7) is 51.9. The van der Waals surface area contributed by atoms with Crippen LogP contribution >= 0.6 is 0 Å². The van der Waals surface area contributed by atoms with Crippen molar-refractivity contribution in [2.75, 3.05) is 28.4 Å². The molecule has 0 saturated carbocycles. The Labute approximate surface area is 514 Å². The van der Waals surface area contributed by atoms with Gasteiger partial charge in [0.1, 0.15) is 23.0 Å². The Morgan fingerprint density at radius 2 is 0.482 bits per heavy atom. The molecule has 1 atom stereocenters. The molecule has 12 heteroatoms. The molecular weight excluding hydrogens is 1070 g/mol. The minimum atomic E-state index is -0.210. The van der Waals surface area contributed by atoms with Crippen molar-refractivity contribution < 1.29 is 58.6 Å². The van der Waals surface area contributed by atoms with Crippen LogP contribution in [-0.4, -0.2) is 72.7 Å². The molecule has 0 fully saturated rings. The lowest BCUT2D eigenvalue weighted by Crippen LogP contribution is -2.20. The number of aromatic hydroxyl groups is 4. The number of rotatable bonds is 12. The number of phenolic OH excluding ortho intramolecular Hbond substituents is 4. The number of methoxy groups -OCH3 is 4. The minimum Gasteiger partial charge on any atom is -0.507 e. The summed E-state index contributed by atoms with van der Waals surface area (Å²) >= 11 is 0. The number of phenols is 4. The van der Waals surface area contributed by atoms with Crippen LogP contribution in [0.25, 0.3) is 0 Å². The summed E-state index contributed by atoms with van der Waals surface area (Å²) in [6, 6.07) is 16.1. The van der Waals surface area contributed by atoms with Gasteiger partial charge in [-0.15, -0.1) is 0 Å². The van der Waals surface area contributed by atoms with Gasteiger partial charge in [0.05, 0.1) is 34.4 Å². The van der Waals surface area contributed by atoms with Gasteiger partial charge in [0.15, 0.2) is 0 Å². The van der Waals surface area contributed by atoms with Crippen molar-refractivity contribution in [3.63, 3.8) is 0 Å². The Hall–Kier alpha value is -6.04. The first-order valence-corrected chi connectivity index (χ1v) is 30.0. The molecule has 4 rings (SSSR count). The molecule has 0 amide bonds. The highest BCUT2D eigenvalue weighted by Gasteiger charge is 2.31. The molecule has 4 aromatic carbocycles. The lowest BCUT2D eigenvalue weighted by molar-refractivity contribution is -0.145. The molecule has 0 aliphatic rings. The monoisotopic (exact) mass is 1180 g/mol. The Bertz CT molecular complexity index is 2510. The molecule has 0 aromatic heterocycles. The zero-order valence-corrected chi connectivity index (χ0v) is 58.2. The van der Waals surface area contributed by atoms with Gasteiger partial charge in [-0.1, -0.05) is 222 Å². The molecule has 478 valence electrons. The number of aryl methyl sites for hydroxylation is 3. The molecule has 0 bridgehead atoms. The Kier molecular flexibility index (Phi) is 27.2. The van der Waals surface area contributed by atoms with E-state index in [2.05, 4.69) is 166 Å². The van der Waals surface area contributed by atoms with Crippen LogP contribution in [0, 0.1) is 5.92 Å². The van der Waals surface area contributed by atoms with Crippen LogP contribution in [0.4, 0.5) is 0 Å². The highest BCUT2D eigenvalue weighted by molar-refractivity contribution is 5.72. The van der Waals surface area contributed by atoms with E-state index >= 15 is 0 Å². The maximum absolute atomic E-state index is 11.7. The van der Waals surface area contributed by atoms with Gasteiger partial charge >= 0.3 is 23.9 Å². The van der Waals surface area contributed by atoms with Gasteiger partial charge in [-0.25, -0.2) is 0 Å². The normalized spacial score (nSPS) is 12.7. The van der Waals surface area contributed by atoms with E-state index in [0.717, 1.165) is 66.8 Å². The van der Waals surface area contributed by atoms with Gasteiger partial charge in [0, 0.05) is 19.3 Å². The average molecular weight is 1180 g/mol. The minimum absolute atomic E-state index is 0.147. The van der Waals surface area contributed by atoms with Gasteiger partial charge in [-0.2, -0.15) is 0 Å². The van der Waals surface area contributed by atoms with E-state index in [1.165, 1.54) is 28.4 Å². The molecule has 85 heavy (non-hydrogen) atoms. The van der Waals surface area contributed by atoms with Gasteiger partial charge in [-0.05, 0) is 136 Å². The highest BCUT2D eigenvalue weighted by atomic mass is 16.5. The first-order chi connectivity index (χ1) is 38.3. The second-order valence-corrected chi connectivity index (χ2v) is 31.0. The maximum Gasteiger partial charge on any atom is 0.308 e. The lowest BCUT2D eigenvalue weighted by atomic mass is 9.77. The van der Waals surface area contributed by atoms with E-state index < -0.39 is 0 Å². The SMILES string of the molecule is COC(=O)C(C)Cc1cc(C(C)(C)C)c(O)c(C(C)(C)C)c1.COC(=O)CCc1cc(C(C)(C)C)c(O)c(C(C)(C)C)c1.COC(=O)CCc1cc(C(C)(C)C)c(O)c(C(C)(C)C)c1.COC(=O)CCc1cc(C(C)(C)C)c(O)c(C(C)(C)C)c1. The first kappa shape index (κ1) is 77.0. The zero-order valence-electron chi connectivity index (χ0n) is 58.2. The highest BCUT2D eigenvalue weighted by Crippen LogP contribution is 2.44. The largest absolute Gasteiger partial charge is 0.507 e.